The molecule has 1 aliphatic heterocycles. The highest BCUT2D eigenvalue weighted by molar-refractivity contribution is 6.20. The van der Waals surface area contributed by atoms with Gasteiger partial charge in [0.2, 0.25) is 0 Å². The highest BCUT2D eigenvalue weighted by Gasteiger charge is 2.15. The minimum absolute atomic E-state index is 0.336. The van der Waals surface area contributed by atoms with Crippen LogP contribution in [0.4, 0.5) is 0 Å². The Morgan fingerprint density at radius 3 is 2.60 bits per heavy atom. The van der Waals surface area contributed by atoms with Gasteiger partial charge < -0.3 is 4.74 Å². The molecule has 1 nitrogen and oxygen atoms in total. The molecule has 1 unspecified atom stereocenters. The standard InChI is InChI=1S/C8H15ClO/c1-7(9)6-8-2-4-10-5-3-8/h7-8H,2-6H2,1H3. The smallest absolute Gasteiger partial charge is 0.0468 e. The van der Waals surface area contributed by atoms with E-state index in [0.29, 0.717) is 5.38 Å². The number of ether oxygens (including phenoxy) is 1. The maximum absolute atomic E-state index is 5.87. The number of halogens is 1. The molecule has 0 aromatic heterocycles. The van der Waals surface area contributed by atoms with E-state index in [-0.39, 0.29) is 0 Å². The van der Waals surface area contributed by atoms with Crippen LogP contribution in [0.3, 0.4) is 0 Å². The van der Waals surface area contributed by atoms with Gasteiger partial charge in [-0.3, -0.25) is 0 Å². The zero-order valence-electron chi connectivity index (χ0n) is 6.48. The molecule has 1 heterocycles. The largest absolute Gasteiger partial charge is 0.381 e. The molecule has 1 fully saturated rings. The van der Waals surface area contributed by atoms with Crippen molar-refractivity contribution in [1.29, 1.82) is 0 Å². The van der Waals surface area contributed by atoms with Crippen molar-refractivity contribution >= 4 is 11.6 Å². The first-order valence-electron chi connectivity index (χ1n) is 4.01. The predicted molar refractivity (Wildman–Crippen MR) is 43.5 cm³/mol. The minimum Gasteiger partial charge on any atom is -0.381 e. The minimum atomic E-state index is 0.336. The Bertz CT molecular complexity index is 87.3. The molecule has 0 amide bonds. The van der Waals surface area contributed by atoms with Crippen molar-refractivity contribution in [3.63, 3.8) is 0 Å². The maximum Gasteiger partial charge on any atom is 0.0468 e. The maximum atomic E-state index is 5.87. The first kappa shape index (κ1) is 8.35. The summed E-state index contributed by atoms with van der Waals surface area (Å²) in [4.78, 5) is 0. The van der Waals surface area contributed by atoms with E-state index in [4.69, 9.17) is 16.3 Å². The first-order chi connectivity index (χ1) is 4.79. The third-order valence-electron chi connectivity index (χ3n) is 2.00. The van der Waals surface area contributed by atoms with Crippen LogP contribution >= 0.6 is 11.6 Å². The monoisotopic (exact) mass is 162 g/mol. The van der Waals surface area contributed by atoms with Crippen LogP contribution in [0.25, 0.3) is 0 Å². The van der Waals surface area contributed by atoms with Crippen LogP contribution in [0.1, 0.15) is 26.2 Å². The molecule has 1 aliphatic rings. The van der Waals surface area contributed by atoms with E-state index < -0.39 is 0 Å². The summed E-state index contributed by atoms with van der Waals surface area (Å²) in [5.74, 6) is 0.821. The van der Waals surface area contributed by atoms with Gasteiger partial charge in [0, 0.05) is 18.6 Å². The number of hydrogen-bond donors (Lipinski definition) is 0. The normalized spacial score (nSPS) is 24.6. The van der Waals surface area contributed by atoms with Crippen molar-refractivity contribution in [3.05, 3.63) is 0 Å². The Hall–Kier alpha value is 0.250. The lowest BCUT2D eigenvalue weighted by molar-refractivity contribution is 0.0640. The van der Waals surface area contributed by atoms with Crippen molar-refractivity contribution < 1.29 is 4.74 Å². The molecule has 0 aliphatic carbocycles. The van der Waals surface area contributed by atoms with E-state index in [9.17, 15) is 0 Å². The molecule has 0 aromatic rings. The lowest BCUT2D eigenvalue weighted by atomic mass is 9.95. The number of rotatable bonds is 2. The Labute approximate surface area is 67.7 Å². The lowest BCUT2D eigenvalue weighted by Crippen LogP contribution is -2.17. The van der Waals surface area contributed by atoms with Crippen molar-refractivity contribution in [2.45, 2.75) is 31.6 Å². The molecule has 10 heavy (non-hydrogen) atoms. The molecule has 0 N–H and O–H groups in total. The predicted octanol–water partition coefficient (Wildman–Crippen LogP) is 2.43. The second-order valence-corrected chi connectivity index (χ2v) is 3.82. The van der Waals surface area contributed by atoms with E-state index >= 15 is 0 Å². The van der Waals surface area contributed by atoms with E-state index in [1.54, 1.807) is 0 Å². The molecule has 2 heteroatoms. The second-order valence-electron chi connectivity index (χ2n) is 3.07. The van der Waals surface area contributed by atoms with Crippen LogP contribution in [0.5, 0.6) is 0 Å². The fourth-order valence-corrected chi connectivity index (χ4v) is 1.69. The van der Waals surface area contributed by atoms with Crippen LogP contribution < -0.4 is 0 Å². The van der Waals surface area contributed by atoms with Crippen LogP contribution in [0.2, 0.25) is 0 Å². The van der Waals surface area contributed by atoms with E-state index in [1.807, 2.05) is 0 Å². The number of hydrogen-bond acceptors (Lipinski definition) is 1. The molecule has 1 saturated heterocycles. The quantitative estimate of drug-likeness (QED) is 0.567. The molecule has 0 saturated carbocycles. The van der Waals surface area contributed by atoms with Gasteiger partial charge in [0.05, 0.1) is 0 Å². The van der Waals surface area contributed by atoms with E-state index in [1.165, 1.54) is 12.8 Å². The summed E-state index contributed by atoms with van der Waals surface area (Å²) in [6.45, 7) is 3.94. The number of alkyl halides is 1. The molecule has 0 aromatic carbocycles. The van der Waals surface area contributed by atoms with Gasteiger partial charge in [0.1, 0.15) is 0 Å². The second kappa shape index (κ2) is 4.20. The highest BCUT2D eigenvalue weighted by Crippen LogP contribution is 2.21. The van der Waals surface area contributed by atoms with Crippen molar-refractivity contribution in [2.75, 3.05) is 13.2 Å². The molecule has 60 valence electrons. The van der Waals surface area contributed by atoms with Gasteiger partial charge in [-0.25, -0.2) is 0 Å². The summed E-state index contributed by atoms with van der Waals surface area (Å²) in [7, 11) is 0. The molecule has 0 radical (unpaired) electrons. The fraction of sp³-hybridized carbons (Fsp3) is 1.00. The van der Waals surface area contributed by atoms with Gasteiger partial charge in [0.15, 0.2) is 0 Å². The topological polar surface area (TPSA) is 9.23 Å². The van der Waals surface area contributed by atoms with Gasteiger partial charge in [-0.2, -0.15) is 0 Å². The summed E-state index contributed by atoms with van der Waals surface area (Å²) < 4.78 is 5.24. The first-order valence-corrected chi connectivity index (χ1v) is 4.44. The Morgan fingerprint density at radius 2 is 2.10 bits per heavy atom. The zero-order valence-corrected chi connectivity index (χ0v) is 7.23. The Morgan fingerprint density at radius 1 is 1.50 bits per heavy atom. The summed E-state index contributed by atoms with van der Waals surface area (Å²) >= 11 is 5.87. The van der Waals surface area contributed by atoms with Crippen molar-refractivity contribution in [2.24, 2.45) is 5.92 Å². The fourth-order valence-electron chi connectivity index (χ4n) is 1.44. The molecular formula is C8H15ClO. The third kappa shape index (κ3) is 2.89. The lowest BCUT2D eigenvalue weighted by Gasteiger charge is -2.22. The van der Waals surface area contributed by atoms with Crippen molar-refractivity contribution in [3.8, 4) is 0 Å². The molecule has 0 spiro atoms. The SMILES string of the molecule is CC(Cl)CC1CCOCC1. The van der Waals surface area contributed by atoms with Crippen LogP contribution in [0, 0.1) is 5.92 Å². The van der Waals surface area contributed by atoms with Crippen LogP contribution in [-0.4, -0.2) is 18.6 Å². The van der Waals surface area contributed by atoms with Gasteiger partial charge >= 0.3 is 0 Å². The van der Waals surface area contributed by atoms with Gasteiger partial charge in [-0.1, -0.05) is 0 Å². The van der Waals surface area contributed by atoms with Crippen LogP contribution in [-0.2, 0) is 4.74 Å². The summed E-state index contributed by atoms with van der Waals surface area (Å²) in [6.07, 6.45) is 3.57. The highest BCUT2D eigenvalue weighted by atomic mass is 35.5. The van der Waals surface area contributed by atoms with Gasteiger partial charge in [-0.05, 0) is 32.1 Å². The zero-order chi connectivity index (χ0) is 7.40. The Kier molecular flexibility index (Phi) is 3.50. The third-order valence-corrected chi connectivity index (χ3v) is 2.18. The van der Waals surface area contributed by atoms with Gasteiger partial charge in [0.25, 0.3) is 0 Å². The van der Waals surface area contributed by atoms with Crippen molar-refractivity contribution in [1.82, 2.24) is 0 Å². The van der Waals surface area contributed by atoms with E-state index in [2.05, 4.69) is 6.92 Å². The summed E-state index contributed by atoms with van der Waals surface area (Å²) in [5, 5.41) is 0.336. The molecule has 0 bridgehead atoms. The summed E-state index contributed by atoms with van der Waals surface area (Å²) in [6, 6.07) is 0. The van der Waals surface area contributed by atoms with E-state index in [0.717, 1.165) is 25.6 Å². The molecule has 1 atom stereocenters. The molecule has 1 rings (SSSR count). The van der Waals surface area contributed by atoms with Gasteiger partial charge in [-0.15, -0.1) is 11.6 Å². The molecular weight excluding hydrogens is 148 g/mol. The van der Waals surface area contributed by atoms with Crippen LogP contribution in [0.15, 0.2) is 0 Å². The average molecular weight is 163 g/mol. The average Bonchev–Trinajstić information content (AvgIpc) is 1.88. The summed E-state index contributed by atoms with van der Waals surface area (Å²) in [5.41, 5.74) is 0. The Balaban J connectivity index is 2.13.